The van der Waals surface area contributed by atoms with Crippen LogP contribution in [0.1, 0.15) is 34.1 Å². The summed E-state index contributed by atoms with van der Waals surface area (Å²) in [4.78, 5) is 33.5. The van der Waals surface area contributed by atoms with Gasteiger partial charge in [-0.2, -0.15) is 0 Å². The second-order valence-electron chi connectivity index (χ2n) is 5.11. The van der Waals surface area contributed by atoms with Gasteiger partial charge in [0.15, 0.2) is 0 Å². The summed E-state index contributed by atoms with van der Waals surface area (Å²) in [5.41, 5.74) is 0. The van der Waals surface area contributed by atoms with Crippen LogP contribution in [0.15, 0.2) is 0 Å². The van der Waals surface area contributed by atoms with Gasteiger partial charge in [-0.25, -0.2) is 0 Å². The van der Waals surface area contributed by atoms with Crippen LogP contribution < -0.4 is 9.79 Å². The van der Waals surface area contributed by atoms with Crippen molar-refractivity contribution in [2.24, 2.45) is 0 Å². The van der Waals surface area contributed by atoms with Crippen LogP contribution in [0, 0.1) is 0 Å². The van der Waals surface area contributed by atoms with Gasteiger partial charge in [0, 0.05) is 6.42 Å². The normalized spacial score (nSPS) is 20.0. The summed E-state index contributed by atoms with van der Waals surface area (Å²) >= 11 is 0. The molecule has 0 radical (unpaired) electrons. The van der Waals surface area contributed by atoms with Gasteiger partial charge in [-0.15, -0.1) is 0 Å². The number of hydrogen-bond acceptors (Lipinski definition) is 10. The lowest BCUT2D eigenvalue weighted by molar-refractivity contribution is -0.238. The number of aliphatic hydroxyl groups is 1. The minimum atomic E-state index is -4.78. The molecule has 0 saturated carbocycles. The van der Waals surface area contributed by atoms with E-state index in [1.54, 1.807) is 0 Å². The number of carbonyl (C=O) groups is 1. The first-order valence-electron chi connectivity index (χ1n) is 6.82. The highest BCUT2D eigenvalue weighted by Crippen LogP contribution is 2.43. The van der Waals surface area contributed by atoms with Gasteiger partial charge in [0.05, 0.1) is 18.8 Å². The second-order valence-corrected chi connectivity index (χ2v) is 7.79. The van der Waals surface area contributed by atoms with Crippen molar-refractivity contribution < 1.29 is 46.9 Å². The van der Waals surface area contributed by atoms with Crippen molar-refractivity contribution in [3.8, 4) is 0 Å². The summed E-state index contributed by atoms with van der Waals surface area (Å²) in [5, 5.41) is 9.79. The smallest absolute Gasteiger partial charge is 0.268 e. The molecule has 0 aromatic carbocycles. The van der Waals surface area contributed by atoms with Crippen molar-refractivity contribution in [1.82, 2.24) is 0 Å². The maximum atomic E-state index is 11.6. The molecular weight excluding hydrogens is 354 g/mol. The fourth-order valence-electron chi connectivity index (χ4n) is 1.38. The molecule has 0 bridgehead atoms. The van der Waals surface area contributed by atoms with Crippen LogP contribution in [-0.4, -0.2) is 42.4 Å². The van der Waals surface area contributed by atoms with E-state index in [1.165, 1.54) is 27.7 Å². The van der Waals surface area contributed by atoms with E-state index >= 15 is 0 Å². The van der Waals surface area contributed by atoms with Crippen molar-refractivity contribution in [1.29, 1.82) is 0 Å². The van der Waals surface area contributed by atoms with Crippen LogP contribution in [0.25, 0.3) is 0 Å². The van der Waals surface area contributed by atoms with Crippen molar-refractivity contribution in [2.45, 2.75) is 58.5 Å². The third kappa shape index (κ3) is 11.1. The molecule has 0 saturated heterocycles. The Balaban J connectivity index is 4.74. The molecule has 0 fully saturated rings. The average Bonchev–Trinajstić information content (AvgIpc) is 2.32. The molecule has 1 N–H and O–H groups in total. The van der Waals surface area contributed by atoms with Gasteiger partial charge >= 0.3 is 0 Å². The molecule has 4 unspecified atom stereocenters. The standard InChI is InChI=1S/C11H24O10P2/c1-8(2)19-22(14,15)18-7-10(13)11(5-6-12)21-23(16,17)20-9(3)4/h6,8-11,13H,5,7H2,1-4H3,(H,14,15)(H,16,17)/p-2. The topological polar surface area (TPSA) is 154 Å². The first-order chi connectivity index (χ1) is 10.4. The zero-order valence-electron chi connectivity index (χ0n) is 13.3. The van der Waals surface area contributed by atoms with Crippen LogP contribution in [0.2, 0.25) is 0 Å². The summed E-state index contributed by atoms with van der Waals surface area (Å²) < 4.78 is 41.0. The van der Waals surface area contributed by atoms with Crippen LogP contribution >= 0.6 is 15.6 Å². The van der Waals surface area contributed by atoms with E-state index in [4.69, 9.17) is 0 Å². The summed E-state index contributed by atoms with van der Waals surface area (Å²) in [5.74, 6) is 0. The quantitative estimate of drug-likeness (QED) is 0.367. The van der Waals surface area contributed by atoms with Gasteiger partial charge in [-0.3, -0.25) is 9.13 Å². The number of phosphoric ester groups is 2. The molecular formula is C11H22O10P2-2. The third-order valence-electron chi connectivity index (χ3n) is 2.11. The number of phosphoric acid groups is 2. The van der Waals surface area contributed by atoms with Crippen molar-refractivity contribution >= 4 is 21.9 Å². The molecule has 10 nitrogen and oxygen atoms in total. The zero-order valence-corrected chi connectivity index (χ0v) is 15.1. The lowest BCUT2D eigenvalue weighted by atomic mass is 10.2. The van der Waals surface area contributed by atoms with Crippen LogP contribution in [0.4, 0.5) is 0 Å². The molecule has 0 heterocycles. The Labute approximate surface area is 134 Å². The monoisotopic (exact) mass is 376 g/mol. The van der Waals surface area contributed by atoms with Crippen molar-refractivity contribution in [3.05, 3.63) is 0 Å². The predicted octanol–water partition coefficient (Wildman–Crippen LogP) is 0.125. The molecule has 0 rings (SSSR count). The van der Waals surface area contributed by atoms with Gasteiger partial charge in [-0.05, 0) is 27.7 Å². The van der Waals surface area contributed by atoms with E-state index in [0.29, 0.717) is 6.29 Å². The number of aldehydes is 1. The van der Waals surface area contributed by atoms with Gasteiger partial charge in [0.2, 0.25) is 0 Å². The third-order valence-corrected chi connectivity index (χ3v) is 4.46. The molecule has 4 atom stereocenters. The molecule has 138 valence electrons. The largest absolute Gasteiger partial charge is 0.756 e. The highest BCUT2D eigenvalue weighted by molar-refractivity contribution is 7.46. The Morgan fingerprint density at radius 3 is 1.91 bits per heavy atom. The van der Waals surface area contributed by atoms with Gasteiger partial charge in [0.1, 0.15) is 18.5 Å². The Morgan fingerprint density at radius 2 is 1.48 bits per heavy atom. The summed E-state index contributed by atoms with van der Waals surface area (Å²) in [6, 6.07) is 0. The van der Waals surface area contributed by atoms with Crippen molar-refractivity contribution in [2.75, 3.05) is 6.61 Å². The van der Waals surface area contributed by atoms with E-state index < -0.39 is 53.1 Å². The number of hydrogen-bond donors (Lipinski definition) is 1. The molecule has 23 heavy (non-hydrogen) atoms. The Morgan fingerprint density at radius 1 is 1.00 bits per heavy atom. The minimum Gasteiger partial charge on any atom is -0.756 e. The van der Waals surface area contributed by atoms with Crippen LogP contribution in [0.5, 0.6) is 0 Å². The fraction of sp³-hybridized carbons (Fsp3) is 0.909. The Kier molecular flexibility index (Phi) is 9.92. The van der Waals surface area contributed by atoms with E-state index in [2.05, 4.69) is 18.1 Å². The molecule has 0 aromatic rings. The summed E-state index contributed by atoms with van der Waals surface area (Å²) in [6.07, 6.45) is -4.83. The molecule has 0 amide bonds. The maximum absolute atomic E-state index is 11.6. The van der Waals surface area contributed by atoms with E-state index in [1.807, 2.05) is 0 Å². The number of aliphatic hydroxyl groups excluding tert-OH is 1. The van der Waals surface area contributed by atoms with Crippen molar-refractivity contribution in [3.63, 3.8) is 0 Å². The molecule has 12 heteroatoms. The number of rotatable bonds is 12. The van der Waals surface area contributed by atoms with Gasteiger partial charge < -0.3 is 37.8 Å². The Bertz CT molecular complexity index is 452. The highest BCUT2D eigenvalue weighted by Gasteiger charge is 2.27. The van der Waals surface area contributed by atoms with Gasteiger partial charge in [0.25, 0.3) is 15.6 Å². The minimum absolute atomic E-state index is 0.310. The molecule has 0 aliphatic rings. The zero-order chi connectivity index (χ0) is 18.3. The SMILES string of the molecule is CC(C)OP(=O)([O-])OCC(O)C(CC=O)OP(=O)([O-])OC(C)C. The van der Waals surface area contributed by atoms with E-state index in [9.17, 15) is 28.8 Å². The lowest BCUT2D eigenvalue weighted by Crippen LogP contribution is -2.35. The predicted molar refractivity (Wildman–Crippen MR) is 75.2 cm³/mol. The lowest BCUT2D eigenvalue weighted by Gasteiger charge is -2.32. The van der Waals surface area contributed by atoms with Crippen LogP contribution in [-0.2, 0) is 32.0 Å². The van der Waals surface area contributed by atoms with E-state index in [-0.39, 0.29) is 0 Å². The molecule has 0 aromatic heterocycles. The first kappa shape index (κ1) is 22.9. The number of carbonyl (C=O) groups excluding carboxylic acids is 1. The Hall–Kier alpha value is -0.150. The first-order valence-corrected chi connectivity index (χ1v) is 9.74. The molecule has 0 aliphatic heterocycles. The van der Waals surface area contributed by atoms with Gasteiger partial charge in [-0.1, -0.05) is 0 Å². The van der Waals surface area contributed by atoms with Crippen LogP contribution in [0.3, 0.4) is 0 Å². The average molecular weight is 376 g/mol. The summed E-state index contributed by atoms with van der Waals surface area (Å²) in [7, 11) is -9.45. The second kappa shape index (κ2) is 9.98. The summed E-state index contributed by atoms with van der Waals surface area (Å²) in [6.45, 7) is 4.96. The highest BCUT2D eigenvalue weighted by atomic mass is 31.2. The maximum Gasteiger partial charge on any atom is 0.268 e. The van der Waals surface area contributed by atoms with E-state index in [0.717, 1.165) is 0 Å². The molecule has 0 aliphatic carbocycles. The molecule has 0 spiro atoms. The fourth-order valence-corrected chi connectivity index (χ4v) is 3.41.